The number of imidazole rings is 1. The fourth-order valence-electron chi connectivity index (χ4n) is 1.63. The predicted molar refractivity (Wildman–Crippen MR) is 68.7 cm³/mol. The number of aromatic amines is 1. The summed E-state index contributed by atoms with van der Waals surface area (Å²) in [4.78, 5) is 11.8. The van der Waals surface area contributed by atoms with Crippen LogP contribution in [0.5, 0.6) is 5.75 Å². The number of hydrogen-bond acceptors (Lipinski definition) is 3. The normalized spacial score (nSPS) is 10.9. The van der Waals surface area contributed by atoms with E-state index in [9.17, 15) is 5.11 Å². The van der Waals surface area contributed by atoms with Crippen molar-refractivity contribution in [3.05, 3.63) is 41.0 Å². The van der Waals surface area contributed by atoms with Crippen LogP contribution in [-0.4, -0.2) is 20.1 Å². The number of hydrogen-bond donors (Lipinski definition) is 2. The Morgan fingerprint density at radius 2 is 1.94 bits per heavy atom. The molecule has 0 saturated heterocycles. The molecule has 0 radical (unpaired) electrons. The quantitative estimate of drug-likeness (QED) is 0.724. The van der Waals surface area contributed by atoms with Crippen LogP contribution in [0.1, 0.15) is 0 Å². The molecule has 0 saturated carbocycles. The van der Waals surface area contributed by atoms with E-state index >= 15 is 0 Å². The van der Waals surface area contributed by atoms with E-state index in [4.69, 9.17) is 0 Å². The first kappa shape index (κ1) is 10.3. The maximum absolute atomic E-state index is 9.23. The second-order valence-electron chi connectivity index (χ2n) is 3.66. The Morgan fingerprint density at radius 3 is 2.71 bits per heavy atom. The monoisotopic (exact) mass is 289 g/mol. The van der Waals surface area contributed by atoms with Crippen LogP contribution < -0.4 is 0 Å². The van der Waals surface area contributed by atoms with Crippen molar-refractivity contribution >= 4 is 27.1 Å². The molecular formula is C12H8BrN3O. The molecule has 3 rings (SSSR count). The van der Waals surface area contributed by atoms with Crippen LogP contribution in [-0.2, 0) is 0 Å². The van der Waals surface area contributed by atoms with Gasteiger partial charge in [0.15, 0.2) is 5.65 Å². The van der Waals surface area contributed by atoms with Gasteiger partial charge in [-0.3, -0.25) is 0 Å². The topological polar surface area (TPSA) is 61.8 Å². The first-order valence-electron chi connectivity index (χ1n) is 5.03. The number of aromatic hydroxyl groups is 1. The molecule has 2 aromatic heterocycles. The van der Waals surface area contributed by atoms with E-state index in [0.717, 1.165) is 21.4 Å². The van der Waals surface area contributed by atoms with Crippen molar-refractivity contribution in [1.29, 1.82) is 0 Å². The Hall–Kier alpha value is -1.88. The van der Waals surface area contributed by atoms with Crippen molar-refractivity contribution < 1.29 is 5.11 Å². The molecule has 2 N–H and O–H groups in total. The second-order valence-corrected chi connectivity index (χ2v) is 4.57. The number of phenols is 1. The van der Waals surface area contributed by atoms with Crippen LogP contribution in [0, 0.1) is 0 Å². The second kappa shape index (κ2) is 3.85. The van der Waals surface area contributed by atoms with E-state index in [1.165, 1.54) is 0 Å². The summed E-state index contributed by atoms with van der Waals surface area (Å²) in [6.45, 7) is 0. The number of H-pyrrole nitrogens is 1. The Morgan fingerprint density at radius 1 is 1.18 bits per heavy atom. The summed E-state index contributed by atoms with van der Waals surface area (Å²) in [5, 5.41) is 9.23. The van der Waals surface area contributed by atoms with Gasteiger partial charge >= 0.3 is 0 Å². The third kappa shape index (κ3) is 1.89. The van der Waals surface area contributed by atoms with Gasteiger partial charge in [0.05, 0.1) is 5.52 Å². The molecule has 0 aliphatic carbocycles. The lowest BCUT2D eigenvalue weighted by Crippen LogP contribution is -1.79. The van der Waals surface area contributed by atoms with Crippen molar-refractivity contribution in [1.82, 2.24) is 15.0 Å². The Balaban J connectivity index is 2.14. The molecule has 0 fully saturated rings. The molecule has 0 bridgehead atoms. The lowest BCUT2D eigenvalue weighted by molar-refractivity contribution is 0.475. The molecule has 5 heteroatoms. The number of nitrogens with zero attached hydrogens (tertiary/aromatic N) is 2. The molecule has 2 heterocycles. The molecule has 3 aromatic rings. The van der Waals surface area contributed by atoms with Crippen molar-refractivity contribution in [3.8, 4) is 17.1 Å². The zero-order chi connectivity index (χ0) is 11.8. The summed E-state index contributed by atoms with van der Waals surface area (Å²) in [6, 6.07) is 8.81. The van der Waals surface area contributed by atoms with Crippen molar-refractivity contribution in [2.75, 3.05) is 0 Å². The minimum atomic E-state index is 0.241. The van der Waals surface area contributed by atoms with Crippen LogP contribution >= 0.6 is 15.9 Å². The van der Waals surface area contributed by atoms with Gasteiger partial charge in [-0.15, -0.1) is 0 Å². The summed E-state index contributed by atoms with van der Waals surface area (Å²) in [5.74, 6) is 0.983. The Kier molecular flexibility index (Phi) is 2.33. The van der Waals surface area contributed by atoms with E-state index in [-0.39, 0.29) is 5.75 Å². The fourth-order valence-corrected chi connectivity index (χ4v) is 1.96. The number of halogens is 1. The van der Waals surface area contributed by atoms with E-state index in [1.54, 1.807) is 18.3 Å². The van der Waals surface area contributed by atoms with Crippen molar-refractivity contribution in [2.45, 2.75) is 0 Å². The van der Waals surface area contributed by atoms with Gasteiger partial charge in [-0.2, -0.15) is 0 Å². The summed E-state index contributed by atoms with van der Waals surface area (Å²) in [7, 11) is 0. The lowest BCUT2D eigenvalue weighted by atomic mass is 10.2. The molecule has 0 spiro atoms. The highest BCUT2D eigenvalue weighted by molar-refractivity contribution is 9.10. The smallest absolute Gasteiger partial charge is 0.178 e. The highest BCUT2D eigenvalue weighted by Gasteiger charge is 2.06. The van der Waals surface area contributed by atoms with Gasteiger partial charge in [0.1, 0.15) is 11.6 Å². The Labute approximate surface area is 105 Å². The molecule has 1 aromatic carbocycles. The van der Waals surface area contributed by atoms with Crippen LogP contribution in [0.25, 0.3) is 22.6 Å². The summed E-state index contributed by atoms with van der Waals surface area (Å²) in [5.41, 5.74) is 2.47. The molecule has 4 nitrogen and oxygen atoms in total. The first-order valence-corrected chi connectivity index (χ1v) is 5.82. The van der Waals surface area contributed by atoms with Crippen molar-refractivity contribution in [3.63, 3.8) is 0 Å². The van der Waals surface area contributed by atoms with E-state index in [0.29, 0.717) is 5.65 Å². The summed E-state index contributed by atoms with van der Waals surface area (Å²) >= 11 is 3.36. The van der Waals surface area contributed by atoms with Gasteiger partial charge in [-0.05, 0) is 46.3 Å². The largest absolute Gasteiger partial charge is 0.508 e. The van der Waals surface area contributed by atoms with Crippen LogP contribution in [0.3, 0.4) is 0 Å². The van der Waals surface area contributed by atoms with Gasteiger partial charge in [-0.25, -0.2) is 9.97 Å². The molecule has 17 heavy (non-hydrogen) atoms. The fraction of sp³-hybridized carbons (Fsp3) is 0. The molecule has 84 valence electrons. The van der Waals surface area contributed by atoms with Gasteiger partial charge in [0.2, 0.25) is 0 Å². The lowest BCUT2D eigenvalue weighted by Gasteiger charge is -1.95. The van der Waals surface area contributed by atoms with Crippen LogP contribution in [0.4, 0.5) is 0 Å². The zero-order valence-electron chi connectivity index (χ0n) is 8.68. The van der Waals surface area contributed by atoms with Gasteiger partial charge in [-0.1, -0.05) is 0 Å². The molecule has 0 unspecified atom stereocenters. The third-order valence-corrected chi connectivity index (χ3v) is 2.88. The number of pyridine rings is 1. The number of fused-ring (bicyclic) bond motifs is 1. The van der Waals surface area contributed by atoms with E-state index in [1.807, 2.05) is 18.2 Å². The number of rotatable bonds is 1. The van der Waals surface area contributed by atoms with Gasteiger partial charge < -0.3 is 10.1 Å². The summed E-state index contributed by atoms with van der Waals surface area (Å²) in [6.07, 6.45) is 1.71. The first-order chi connectivity index (χ1) is 8.22. The highest BCUT2D eigenvalue weighted by atomic mass is 79.9. The molecule has 0 atom stereocenters. The molecular weight excluding hydrogens is 282 g/mol. The third-order valence-electron chi connectivity index (χ3n) is 2.44. The van der Waals surface area contributed by atoms with Gasteiger partial charge in [0, 0.05) is 16.2 Å². The zero-order valence-corrected chi connectivity index (χ0v) is 10.3. The number of phenolic OH excluding ortho intramolecular Hbond substituents is 1. The maximum Gasteiger partial charge on any atom is 0.178 e. The van der Waals surface area contributed by atoms with Crippen molar-refractivity contribution in [2.24, 2.45) is 0 Å². The van der Waals surface area contributed by atoms with Gasteiger partial charge in [0.25, 0.3) is 0 Å². The minimum absolute atomic E-state index is 0.241. The predicted octanol–water partition coefficient (Wildman–Crippen LogP) is 3.09. The molecule has 0 aliphatic rings. The number of nitrogens with one attached hydrogen (secondary N) is 1. The number of aromatic nitrogens is 3. The summed E-state index contributed by atoms with van der Waals surface area (Å²) < 4.78 is 0.908. The molecule has 0 aliphatic heterocycles. The average Bonchev–Trinajstić information content (AvgIpc) is 2.72. The highest BCUT2D eigenvalue weighted by Crippen LogP contribution is 2.22. The minimum Gasteiger partial charge on any atom is -0.508 e. The van der Waals surface area contributed by atoms with Crippen LogP contribution in [0.15, 0.2) is 41.0 Å². The Bertz CT molecular complexity index is 676. The average molecular weight is 290 g/mol. The number of benzene rings is 1. The molecule has 0 amide bonds. The maximum atomic E-state index is 9.23. The van der Waals surface area contributed by atoms with Crippen LogP contribution in [0.2, 0.25) is 0 Å². The van der Waals surface area contributed by atoms with E-state index < -0.39 is 0 Å². The SMILES string of the molecule is Oc1ccc(-c2nc3ncc(Br)cc3[nH]2)cc1. The van der Waals surface area contributed by atoms with E-state index in [2.05, 4.69) is 30.9 Å². The standard InChI is InChI=1S/C12H8BrN3O/c13-8-5-10-12(14-6-8)16-11(15-10)7-1-3-9(17)4-2-7/h1-6,17H,(H,14,15,16).